The van der Waals surface area contributed by atoms with Gasteiger partial charge in [0.2, 0.25) is 5.91 Å². The highest BCUT2D eigenvalue weighted by atomic mass is 16.3. The fourth-order valence-electron chi connectivity index (χ4n) is 2.39. The van der Waals surface area contributed by atoms with Crippen molar-refractivity contribution in [1.29, 1.82) is 0 Å². The van der Waals surface area contributed by atoms with Crippen molar-refractivity contribution in [2.24, 2.45) is 17.1 Å². The Balaban J connectivity index is 5.09. The van der Waals surface area contributed by atoms with Crippen LogP contribution >= 0.6 is 0 Å². The van der Waals surface area contributed by atoms with Gasteiger partial charge < -0.3 is 26.2 Å². The first-order valence-electron chi connectivity index (χ1n) is 5.82. The fraction of sp³-hybridized carbons (Fsp3) is 0.909. The van der Waals surface area contributed by atoms with E-state index in [1.165, 1.54) is 0 Å². The number of carbonyl (C=O) groups is 1. The summed E-state index contributed by atoms with van der Waals surface area (Å²) in [5, 5.41) is 36.1. The SMILES string of the molecule is NC(=O)C(CCO)(CCO)C(CCO)CCO. The van der Waals surface area contributed by atoms with Crippen LogP contribution in [0.15, 0.2) is 0 Å². The minimum Gasteiger partial charge on any atom is -0.396 e. The molecular formula is C11H23NO5. The van der Waals surface area contributed by atoms with Gasteiger partial charge in [0.1, 0.15) is 0 Å². The molecule has 0 aliphatic heterocycles. The van der Waals surface area contributed by atoms with Gasteiger partial charge in [0, 0.05) is 26.4 Å². The Morgan fingerprint density at radius 2 is 1.35 bits per heavy atom. The Morgan fingerprint density at radius 1 is 0.941 bits per heavy atom. The van der Waals surface area contributed by atoms with E-state index in [1.807, 2.05) is 0 Å². The van der Waals surface area contributed by atoms with Crippen LogP contribution in [0.3, 0.4) is 0 Å². The van der Waals surface area contributed by atoms with Gasteiger partial charge in [-0.2, -0.15) is 0 Å². The third-order valence-electron chi connectivity index (χ3n) is 3.34. The molecule has 0 aromatic heterocycles. The van der Waals surface area contributed by atoms with Crippen LogP contribution in [0, 0.1) is 11.3 Å². The van der Waals surface area contributed by atoms with Gasteiger partial charge in [0.15, 0.2) is 0 Å². The van der Waals surface area contributed by atoms with Gasteiger partial charge in [0.05, 0.1) is 5.41 Å². The Labute approximate surface area is 101 Å². The first-order chi connectivity index (χ1) is 8.08. The molecule has 6 heteroatoms. The van der Waals surface area contributed by atoms with Crippen LogP contribution in [0.1, 0.15) is 25.7 Å². The van der Waals surface area contributed by atoms with Gasteiger partial charge in [0.25, 0.3) is 0 Å². The summed E-state index contributed by atoms with van der Waals surface area (Å²) < 4.78 is 0. The van der Waals surface area contributed by atoms with E-state index < -0.39 is 11.3 Å². The molecule has 102 valence electrons. The largest absolute Gasteiger partial charge is 0.396 e. The van der Waals surface area contributed by atoms with Crippen LogP contribution in [0.5, 0.6) is 0 Å². The Bertz CT molecular complexity index is 210. The number of aliphatic hydroxyl groups excluding tert-OH is 4. The number of aliphatic hydroxyl groups is 4. The predicted octanol–water partition coefficient (Wildman–Crippen LogP) is -1.40. The normalized spacial score (nSPS) is 12.1. The molecule has 0 bridgehead atoms. The Hall–Kier alpha value is -0.690. The van der Waals surface area contributed by atoms with Gasteiger partial charge in [-0.3, -0.25) is 4.79 Å². The molecule has 0 fully saturated rings. The van der Waals surface area contributed by atoms with E-state index >= 15 is 0 Å². The van der Waals surface area contributed by atoms with Gasteiger partial charge in [-0.25, -0.2) is 0 Å². The molecule has 0 rings (SSSR count). The summed E-state index contributed by atoms with van der Waals surface area (Å²) in [4.78, 5) is 11.6. The van der Waals surface area contributed by atoms with Crippen molar-refractivity contribution in [3.8, 4) is 0 Å². The maximum atomic E-state index is 11.6. The molecule has 0 atom stereocenters. The smallest absolute Gasteiger partial charge is 0.224 e. The first kappa shape index (κ1) is 16.3. The zero-order valence-corrected chi connectivity index (χ0v) is 10.0. The number of hydrogen-bond donors (Lipinski definition) is 5. The second-order valence-corrected chi connectivity index (χ2v) is 4.19. The average Bonchev–Trinajstić information content (AvgIpc) is 2.28. The Kier molecular flexibility index (Phi) is 8.07. The predicted molar refractivity (Wildman–Crippen MR) is 61.9 cm³/mol. The van der Waals surface area contributed by atoms with E-state index in [2.05, 4.69) is 0 Å². The third-order valence-corrected chi connectivity index (χ3v) is 3.34. The van der Waals surface area contributed by atoms with Gasteiger partial charge >= 0.3 is 0 Å². The maximum Gasteiger partial charge on any atom is 0.224 e. The summed E-state index contributed by atoms with van der Waals surface area (Å²) in [5.74, 6) is -0.943. The van der Waals surface area contributed by atoms with Gasteiger partial charge in [-0.05, 0) is 31.6 Å². The van der Waals surface area contributed by atoms with Crippen molar-refractivity contribution in [3.63, 3.8) is 0 Å². The zero-order chi connectivity index (χ0) is 13.3. The second kappa shape index (κ2) is 8.41. The third kappa shape index (κ3) is 4.23. The fourth-order valence-corrected chi connectivity index (χ4v) is 2.39. The summed E-state index contributed by atoms with van der Waals surface area (Å²) in [6, 6.07) is 0. The number of hydrogen-bond acceptors (Lipinski definition) is 5. The molecule has 0 spiro atoms. The summed E-state index contributed by atoms with van der Waals surface area (Å²) in [7, 11) is 0. The van der Waals surface area contributed by atoms with Crippen LogP contribution in [0.2, 0.25) is 0 Å². The van der Waals surface area contributed by atoms with Crippen molar-refractivity contribution in [2.75, 3.05) is 26.4 Å². The minimum atomic E-state index is -1.06. The lowest BCUT2D eigenvalue weighted by Crippen LogP contribution is -2.45. The van der Waals surface area contributed by atoms with E-state index in [4.69, 9.17) is 26.2 Å². The first-order valence-corrected chi connectivity index (χ1v) is 5.82. The van der Waals surface area contributed by atoms with E-state index in [9.17, 15) is 4.79 Å². The van der Waals surface area contributed by atoms with Gasteiger partial charge in [-0.15, -0.1) is 0 Å². The lowest BCUT2D eigenvalue weighted by Gasteiger charge is -2.37. The van der Waals surface area contributed by atoms with Crippen molar-refractivity contribution < 1.29 is 25.2 Å². The molecule has 0 radical (unpaired) electrons. The lowest BCUT2D eigenvalue weighted by molar-refractivity contribution is -0.134. The monoisotopic (exact) mass is 249 g/mol. The topological polar surface area (TPSA) is 124 Å². The maximum absolute atomic E-state index is 11.6. The van der Waals surface area contributed by atoms with Crippen molar-refractivity contribution >= 4 is 5.91 Å². The quantitative estimate of drug-likeness (QED) is 0.326. The average molecular weight is 249 g/mol. The highest BCUT2D eigenvalue weighted by Gasteiger charge is 2.42. The molecule has 0 heterocycles. The molecule has 0 saturated carbocycles. The minimum absolute atomic E-state index is 0.128. The van der Waals surface area contributed by atoms with Crippen LogP contribution in [0.25, 0.3) is 0 Å². The number of carbonyl (C=O) groups excluding carboxylic acids is 1. The number of amides is 1. The molecule has 1 amide bonds. The van der Waals surface area contributed by atoms with Crippen molar-refractivity contribution in [2.45, 2.75) is 25.7 Å². The zero-order valence-electron chi connectivity index (χ0n) is 10.0. The lowest BCUT2D eigenvalue weighted by atomic mass is 9.67. The number of primary amides is 1. The van der Waals surface area contributed by atoms with Crippen LogP contribution in [0.4, 0.5) is 0 Å². The van der Waals surface area contributed by atoms with E-state index in [0.29, 0.717) is 12.8 Å². The molecule has 6 nitrogen and oxygen atoms in total. The summed E-state index contributed by atoms with van der Waals surface area (Å²) >= 11 is 0. The van der Waals surface area contributed by atoms with Crippen LogP contribution in [-0.2, 0) is 4.79 Å². The molecule has 0 saturated heterocycles. The number of rotatable bonds is 10. The molecular weight excluding hydrogens is 226 g/mol. The number of nitrogens with two attached hydrogens (primary N) is 1. The molecule has 0 aromatic carbocycles. The van der Waals surface area contributed by atoms with Crippen molar-refractivity contribution in [1.82, 2.24) is 0 Å². The van der Waals surface area contributed by atoms with Crippen LogP contribution < -0.4 is 5.73 Å². The molecule has 0 unspecified atom stereocenters. The molecule has 0 aromatic rings. The standard InChI is InChI=1S/C11H23NO5/c12-10(17)11(3-7-15,4-8-16)9(1-5-13)2-6-14/h9,13-16H,1-8H2,(H2,12,17). The molecule has 0 aliphatic carbocycles. The van der Waals surface area contributed by atoms with E-state index in [0.717, 1.165) is 0 Å². The van der Waals surface area contributed by atoms with Crippen molar-refractivity contribution in [3.05, 3.63) is 0 Å². The molecule has 17 heavy (non-hydrogen) atoms. The highest BCUT2D eigenvalue weighted by molar-refractivity contribution is 5.81. The molecule has 0 aliphatic rings. The van der Waals surface area contributed by atoms with Crippen LogP contribution in [-0.4, -0.2) is 52.8 Å². The summed E-state index contributed by atoms with van der Waals surface area (Å²) in [5.41, 5.74) is 4.32. The Morgan fingerprint density at radius 3 is 1.59 bits per heavy atom. The second-order valence-electron chi connectivity index (χ2n) is 4.19. The van der Waals surface area contributed by atoms with Gasteiger partial charge in [-0.1, -0.05) is 0 Å². The highest BCUT2D eigenvalue weighted by Crippen LogP contribution is 2.39. The summed E-state index contributed by atoms with van der Waals surface area (Å²) in [6.07, 6.45) is 0.883. The summed E-state index contributed by atoms with van der Waals surface area (Å²) in [6.45, 7) is -0.709. The van der Waals surface area contributed by atoms with E-state index in [1.54, 1.807) is 0 Å². The van der Waals surface area contributed by atoms with E-state index in [-0.39, 0.29) is 45.2 Å². The molecule has 6 N–H and O–H groups in total.